The SMILES string of the molecule is Cc1ccc(S(=O)(=O)N(CC(=O)NCCC2=CCCCC2)C2CCCCC2)cc1. The first kappa shape index (κ1) is 22.0. The highest BCUT2D eigenvalue weighted by Crippen LogP contribution is 2.28. The summed E-state index contributed by atoms with van der Waals surface area (Å²) >= 11 is 0. The van der Waals surface area contributed by atoms with Gasteiger partial charge in [0.1, 0.15) is 0 Å². The van der Waals surface area contributed by atoms with E-state index in [9.17, 15) is 13.2 Å². The third-order valence-electron chi connectivity index (χ3n) is 6.06. The van der Waals surface area contributed by atoms with Gasteiger partial charge in [-0.15, -0.1) is 0 Å². The van der Waals surface area contributed by atoms with Crippen molar-refractivity contribution >= 4 is 15.9 Å². The quantitative estimate of drug-likeness (QED) is 0.639. The molecule has 2 aliphatic carbocycles. The van der Waals surface area contributed by atoms with E-state index in [-0.39, 0.29) is 23.4 Å². The van der Waals surface area contributed by atoms with E-state index < -0.39 is 10.0 Å². The molecule has 2 aliphatic rings. The van der Waals surface area contributed by atoms with Gasteiger partial charge < -0.3 is 5.32 Å². The van der Waals surface area contributed by atoms with E-state index in [0.717, 1.165) is 56.9 Å². The fraction of sp³-hybridized carbons (Fsp3) is 0.609. The normalized spacial score (nSPS) is 18.5. The van der Waals surface area contributed by atoms with Crippen molar-refractivity contribution in [2.75, 3.05) is 13.1 Å². The van der Waals surface area contributed by atoms with Crippen LogP contribution in [0.5, 0.6) is 0 Å². The van der Waals surface area contributed by atoms with Crippen LogP contribution < -0.4 is 5.32 Å². The molecule has 0 radical (unpaired) electrons. The number of aryl methyl sites for hydroxylation is 1. The number of hydrogen-bond donors (Lipinski definition) is 1. The van der Waals surface area contributed by atoms with Crippen molar-refractivity contribution in [2.24, 2.45) is 0 Å². The van der Waals surface area contributed by atoms with Crippen LogP contribution in [-0.4, -0.2) is 37.8 Å². The Morgan fingerprint density at radius 2 is 1.79 bits per heavy atom. The van der Waals surface area contributed by atoms with E-state index in [0.29, 0.717) is 6.54 Å². The molecule has 0 atom stereocenters. The van der Waals surface area contributed by atoms with Crippen LogP contribution in [0.25, 0.3) is 0 Å². The van der Waals surface area contributed by atoms with Gasteiger partial charge in [-0.2, -0.15) is 4.31 Å². The highest BCUT2D eigenvalue weighted by Gasteiger charge is 2.33. The molecule has 1 amide bonds. The molecular weight excluding hydrogens is 384 g/mol. The van der Waals surface area contributed by atoms with Gasteiger partial charge in [-0.05, 0) is 64.0 Å². The largest absolute Gasteiger partial charge is 0.355 e. The van der Waals surface area contributed by atoms with Crippen molar-refractivity contribution in [1.82, 2.24) is 9.62 Å². The minimum atomic E-state index is -3.70. The Balaban J connectivity index is 1.67. The van der Waals surface area contributed by atoms with E-state index in [1.165, 1.54) is 22.7 Å². The first-order valence-electron chi connectivity index (χ1n) is 11.0. The van der Waals surface area contributed by atoms with Crippen LogP contribution >= 0.6 is 0 Å². The average Bonchev–Trinajstić information content (AvgIpc) is 2.73. The molecule has 1 saturated carbocycles. The Hall–Kier alpha value is -1.66. The van der Waals surface area contributed by atoms with E-state index in [2.05, 4.69) is 11.4 Å². The van der Waals surface area contributed by atoms with Gasteiger partial charge >= 0.3 is 0 Å². The summed E-state index contributed by atoms with van der Waals surface area (Å²) in [6, 6.07) is 6.82. The van der Waals surface area contributed by atoms with Crippen molar-refractivity contribution in [2.45, 2.75) is 82.1 Å². The summed E-state index contributed by atoms with van der Waals surface area (Å²) in [5, 5.41) is 2.95. The highest BCUT2D eigenvalue weighted by atomic mass is 32.2. The summed E-state index contributed by atoms with van der Waals surface area (Å²) in [6.07, 6.45) is 12.7. The Labute approximate surface area is 175 Å². The molecule has 1 fully saturated rings. The average molecular weight is 419 g/mol. The number of carbonyl (C=O) groups is 1. The number of benzene rings is 1. The predicted molar refractivity (Wildman–Crippen MR) is 116 cm³/mol. The molecule has 6 heteroatoms. The van der Waals surface area contributed by atoms with E-state index in [1.54, 1.807) is 12.1 Å². The van der Waals surface area contributed by atoms with E-state index >= 15 is 0 Å². The van der Waals surface area contributed by atoms with Crippen LogP contribution in [0, 0.1) is 6.92 Å². The summed E-state index contributed by atoms with van der Waals surface area (Å²) in [5.74, 6) is -0.206. The molecule has 29 heavy (non-hydrogen) atoms. The fourth-order valence-corrected chi connectivity index (χ4v) is 5.96. The second-order valence-corrected chi connectivity index (χ2v) is 10.3. The lowest BCUT2D eigenvalue weighted by molar-refractivity contribution is -0.121. The number of amides is 1. The van der Waals surface area contributed by atoms with Crippen LogP contribution in [0.4, 0.5) is 0 Å². The first-order valence-corrected chi connectivity index (χ1v) is 12.4. The lowest BCUT2D eigenvalue weighted by Crippen LogP contribution is -2.47. The molecule has 0 unspecified atom stereocenters. The van der Waals surface area contributed by atoms with Gasteiger partial charge in [-0.3, -0.25) is 4.79 Å². The standard InChI is InChI=1S/C23H34N2O3S/c1-19-12-14-22(15-13-19)29(27,28)25(21-10-6-3-7-11-21)18-23(26)24-17-16-20-8-4-2-5-9-20/h8,12-15,21H,2-7,9-11,16-18H2,1H3,(H,24,26). The van der Waals surface area contributed by atoms with Crippen LogP contribution in [0.15, 0.2) is 40.8 Å². The topological polar surface area (TPSA) is 66.5 Å². The predicted octanol–water partition coefficient (Wildman–Crippen LogP) is 4.33. The summed E-state index contributed by atoms with van der Waals surface area (Å²) in [5.41, 5.74) is 2.43. The third-order valence-corrected chi connectivity index (χ3v) is 7.97. The molecule has 0 heterocycles. The Morgan fingerprint density at radius 1 is 1.07 bits per heavy atom. The van der Waals surface area contributed by atoms with E-state index in [1.807, 2.05) is 19.1 Å². The van der Waals surface area contributed by atoms with Gasteiger partial charge in [0.15, 0.2) is 0 Å². The zero-order chi connectivity index (χ0) is 20.7. The van der Waals surface area contributed by atoms with Crippen molar-refractivity contribution in [1.29, 1.82) is 0 Å². The zero-order valence-electron chi connectivity index (χ0n) is 17.5. The van der Waals surface area contributed by atoms with Gasteiger partial charge in [-0.25, -0.2) is 8.42 Å². The van der Waals surface area contributed by atoms with E-state index in [4.69, 9.17) is 0 Å². The molecule has 0 bridgehead atoms. The fourth-order valence-electron chi connectivity index (χ4n) is 4.32. The molecular formula is C23H34N2O3S. The first-order chi connectivity index (χ1) is 14.0. The molecule has 0 aromatic heterocycles. The van der Waals surface area contributed by atoms with Gasteiger partial charge in [0.2, 0.25) is 15.9 Å². The number of allylic oxidation sites excluding steroid dienone is 1. The number of nitrogens with zero attached hydrogens (tertiary/aromatic N) is 1. The number of sulfonamides is 1. The Bertz CT molecular complexity index is 809. The maximum absolute atomic E-state index is 13.3. The zero-order valence-corrected chi connectivity index (χ0v) is 18.3. The van der Waals surface area contributed by atoms with Crippen molar-refractivity contribution in [3.05, 3.63) is 41.5 Å². The van der Waals surface area contributed by atoms with Gasteiger partial charge in [0.05, 0.1) is 11.4 Å². The smallest absolute Gasteiger partial charge is 0.243 e. The molecule has 1 N–H and O–H groups in total. The minimum absolute atomic E-state index is 0.0955. The van der Waals surface area contributed by atoms with Crippen molar-refractivity contribution < 1.29 is 13.2 Å². The summed E-state index contributed by atoms with van der Waals surface area (Å²) in [6.45, 7) is 2.41. The van der Waals surface area contributed by atoms with Gasteiger partial charge in [-0.1, -0.05) is 48.6 Å². The van der Waals surface area contributed by atoms with Crippen LogP contribution in [0.1, 0.15) is 69.8 Å². The second kappa shape index (κ2) is 10.4. The molecule has 1 aromatic carbocycles. The van der Waals surface area contributed by atoms with Crippen molar-refractivity contribution in [3.8, 4) is 0 Å². The molecule has 5 nitrogen and oxygen atoms in total. The lowest BCUT2D eigenvalue weighted by atomic mass is 9.95. The Morgan fingerprint density at radius 3 is 2.45 bits per heavy atom. The third kappa shape index (κ3) is 6.16. The van der Waals surface area contributed by atoms with Crippen LogP contribution in [-0.2, 0) is 14.8 Å². The highest BCUT2D eigenvalue weighted by molar-refractivity contribution is 7.89. The molecule has 0 spiro atoms. The summed E-state index contributed by atoms with van der Waals surface area (Å²) < 4.78 is 28.1. The maximum atomic E-state index is 13.3. The Kier molecular flexibility index (Phi) is 7.90. The lowest BCUT2D eigenvalue weighted by Gasteiger charge is -2.33. The molecule has 3 rings (SSSR count). The number of hydrogen-bond acceptors (Lipinski definition) is 3. The summed E-state index contributed by atoms with van der Waals surface area (Å²) in [7, 11) is -3.70. The molecule has 160 valence electrons. The number of nitrogens with one attached hydrogen (secondary N) is 1. The molecule has 0 aliphatic heterocycles. The molecule has 0 saturated heterocycles. The van der Waals surface area contributed by atoms with Crippen molar-refractivity contribution in [3.63, 3.8) is 0 Å². The number of carbonyl (C=O) groups excluding carboxylic acids is 1. The van der Waals surface area contributed by atoms with Crippen LogP contribution in [0.2, 0.25) is 0 Å². The monoisotopic (exact) mass is 418 g/mol. The second-order valence-electron chi connectivity index (χ2n) is 8.36. The van der Waals surface area contributed by atoms with Gasteiger partial charge in [0, 0.05) is 12.6 Å². The van der Waals surface area contributed by atoms with Gasteiger partial charge in [0.25, 0.3) is 0 Å². The van der Waals surface area contributed by atoms with Crippen LogP contribution in [0.3, 0.4) is 0 Å². The maximum Gasteiger partial charge on any atom is 0.243 e. The summed E-state index contributed by atoms with van der Waals surface area (Å²) in [4.78, 5) is 12.9. The number of rotatable bonds is 8. The minimum Gasteiger partial charge on any atom is -0.355 e. The molecule has 1 aromatic rings.